The summed E-state index contributed by atoms with van der Waals surface area (Å²) in [6.45, 7) is 1.17. The molecule has 0 unspecified atom stereocenters. The number of ether oxygens (including phenoxy) is 1. The van der Waals surface area contributed by atoms with Gasteiger partial charge < -0.3 is 10.1 Å². The number of hydrogen-bond acceptors (Lipinski definition) is 6. The third-order valence-electron chi connectivity index (χ3n) is 4.63. The van der Waals surface area contributed by atoms with Gasteiger partial charge in [0.1, 0.15) is 11.3 Å². The quantitative estimate of drug-likeness (QED) is 0.765. The van der Waals surface area contributed by atoms with Crippen LogP contribution in [0.1, 0.15) is 32.6 Å². The number of nitrogens with zero attached hydrogens (tertiary/aromatic N) is 3. The van der Waals surface area contributed by atoms with Gasteiger partial charge in [-0.1, -0.05) is 18.2 Å². The molecule has 8 heteroatoms. The third-order valence-corrected chi connectivity index (χ3v) is 4.63. The minimum Gasteiger partial charge on any atom is -0.451 e. The van der Waals surface area contributed by atoms with Gasteiger partial charge in [-0.15, -0.1) is 0 Å². The fourth-order valence-electron chi connectivity index (χ4n) is 2.89. The van der Waals surface area contributed by atoms with Crippen LogP contribution in [0.25, 0.3) is 0 Å². The van der Waals surface area contributed by atoms with Crippen molar-refractivity contribution in [3.63, 3.8) is 0 Å². The maximum Gasteiger partial charge on any atom is 0.355 e. The number of rotatable bonds is 6. The van der Waals surface area contributed by atoms with E-state index >= 15 is 0 Å². The normalized spacial score (nSPS) is 18.7. The van der Waals surface area contributed by atoms with E-state index in [1.54, 1.807) is 31.2 Å². The molecule has 1 saturated carbocycles. The zero-order valence-corrected chi connectivity index (χ0v) is 15.0. The van der Waals surface area contributed by atoms with E-state index in [9.17, 15) is 19.6 Å². The Hall–Kier alpha value is -3.21. The van der Waals surface area contributed by atoms with Crippen molar-refractivity contribution >= 4 is 29.2 Å². The van der Waals surface area contributed by atoms with Crippen molar-refractivity contribution < 1.29 is 19.1 Å². The minimum atomic E-state index is -0.942. The van der Waals surface area contributed by atoms with Crippen LogP contribution in [0.5, 0.6) is 0 Å². The molecule has 1 aliphatic carbocycles. The Bertz CT molecular complexity index is 826. The van der Waals surface area contributed by atoms with Crippen LogP contribution in [0, 0.1) is 17.2 Å². The molecule has 1 N–H and O–H groups in total. The molecule has 27 heavy (non-hydrogen) atoms. The Balaban J connectivity index is 1.59. The molecule has 1 heterocycles. The summed E-state index contributed by atoms with van der Waals surface area (Å²) in [5.74, 6) is -1.37. The summed E-state index contributed by atoms with van der Waals surface area (Å²) in [5, 5.41) is 17.1. The molecule has 2 amide bonds. The molecule has 140 valence electrons. The maximum absolute atomic E-state index is 12.2. The zero-order valence-electron chi connectivity index (χ0n) is 15.0. The predicted octanol–water partition coefficient (Wildman–Crippen LogP) is 1.52. The van der Waals surface area contributed by atoms with Gasteiger partial charge in [0.05, 0.1) is 11.8 Å². The standard InChI is InChI=1S/C19H20N4O4/c1-19(12-20,13-7-8-13)21-16(24)11-27-18(26)15-9-10-17(25)23(22-15)14-5-3-2-4-6-14/h2-6,13H,7-11H2,1H3,(H,21,24)/t19-/m1/s1. The number of benzene rings is 1. The summed E-state index contributed by atoms with van der Waals surface area (Å²) in [5.41, 5.74) is -0.307. The molecule has 0 saturated heterocycles. The van der Waals surface area contributed by atoms with Crippen LogP contribution in [0.2, 0.25) is 0 Å². The molecule has 1 atom stereocenters. The van der Waals surface area contributed by atoms with Crippen LogP contribution in [0.3, 0.4) is 0 Å². The minimum absolute atomic E-state index is 0.0801. The van der Waals surface area contributed by atoms with Gasteiger partial charge in [-0.05, 0) is 37.8 Å². The predicted molar refractivity (Wildman–Crippen MR) is 96.4 cm³/mol. The van der Waals surface area contributed by atoms with Crippen LogP contribution >= 0.6 is 0 Å². The van der Waals surface area contributed by atoms with Gasteiger partial charge in [0, 0.05) is 12.8 Å². The number of hydrazone groups is 1. The second-order valence-corrected chi connectivity index (χ2v) is 6.80. The Morgan fingerprint density at radius 1 is 1.33 bits per heavy atom. The fraction of sp³-hybridized carbons (Fsp3) is 0.421. The monoisotopic (exact) mass is 368 g/mol. The Morgan fingerprint density at radius 3 is 2.67 bits per heavy atom. The van der Waals surface area contributed by atoms with E-state index in [2.05, 4.69) is 16.5 Å². The molecule has 1 aliphatic heterocycles. The number of hydrogen-bond donors (Lipinski definition) is 1. The summed E-state index contributed by atoms with van der Waals surface area (Å²) in [6.07, 6.45) is 2.07. The lowest BCUT2D eigenvalue weighted by molar-refractivity contribution is -0.142. The number of carbonyl (C=O) groups is 3. The first-order valence-corrected chi connectivity index (χ1v) is 8.78. The highest BCUT2D eigenvalue weighted by atomic mass is 16.5. The molecular weight excluding hydrogens is 348 g/mol. The van der Waals surface area contributed by atoms with E-state index in [0.29, 0.717) is 5.69 Å². The van der Waals surface area contributed by atoms with Crippen LogP contribution in [0.15, 0.2) is 35.4 Å². The molecule has 0 radical (unpaired) electrons. The molecule has 3 rings (SSSR count). The van der Waals surface area contributed by atoms with Crippen molar-refractivity contribution in [2.75, 3.05) is 11.6 Å². The van der Waals surface area contributed by atoms with Crippen LogP contribution < -0.4 is 10.3 Å². The molecule has 1 aromatic rings. The smallest absolute Gasteiger partial charge is 0.355 e. The average molecular weight is 368 g/mol. The van der Waals surface area contributed by atoms with Crippen LogP contribution in [-0.4, -0.2) is 35.6 Å². The average Bonchev–Trinajstić information content (AvgIpc) is 3.53. The molecule has 0 spiro atoms. The topological polar surface area (TPSA) is 112 Å². The van der Waals surface area contributed by atoms with Crippen molar-refractivity contribution in [3.05, 3.63) is 30.3 Å². The Morgan fingerprint density at radius 2 is 2.04 bits per heavy atom. The largest absolute Gasteiger partial charge is 0.451 e. The van der Waals surface area contributed by atoms with Gasteiger partial charge in [0.2, 0.25) is 5.91 Å². The van der Waals surface area contributed by atoms with Crippen molar-refractivity contribution in [2.45, 2.75) is 38.1 Å². The molecule has 8 nitrogen and oxygen atoms in total. The van der Waals surface area contributed by atoms with Crippen molar-refractivity contribution in [3.8, 4) is 6.07 Å². The van der Waals surface area contributed by atoms with Gasteiger partial charge in [0.25, 0.3) is 5.91 Å². The lowest BCUT2D eigenvalue weighted by Gasteiger charge is -2.24. The highest BCUT2D eigenvalue weighted by Crippen LogP contribution is 2.39. The summed E-state index contributed by atoms with van der Waals surface area (Å²) in [7, 11) is 0. The van der Waals surface area contributed by atoms with E-state index in [-0.39, 0.29) is 30.4 Å². The van der Waals surface area contributed by atoms with Gasteiger partial charge in [-0.2, -0.15) is 10.4 Å². The van der Waals surface area contributed by atoms with Crippen LogP contribution in [0.4, 0.5) is 5.69 Å². The lowest BCUT2D eigenvalue weighted by atomic mass is 9.98. The van der Waals surface area contributed by atoms with Crippen molar-refractivity contribution in [2.24, 2.45) is 11.0 Å². The number of para-hydroxylation sites is 1. The second kappa shape index (κ2) is 7.58. The lowest BCUT2D eigenvalue weighted by Crippen LogP contribution is -2.48. The summed E-state index contributed by atoms with van der Waals surface area (Å²) >= 11 is 0. The van der Waals surface area contributed by atoms with Gasteiger partial charge in [-0.3, -0.25) is 9.59 Å². The fourth-order valence-corrected chi connectivity index (χ4v) is 2.89. The second-order valence-electron chi connectivity index (χ2n) is 6.80. The van der Waals surface area contributed by atoms with E-state index in [1.165, 1.54) is 5.01 Å². The molecule has 0 aromatic heterocycles. The van der Waals surface area contributed by atoms with E-state index in [0.717, 1.165) is 12.8 Å². The molecule has 1 aromatic carbocycles. The summed E-state index contributed by atoms with van der Waals surface area (Å²) < 4.78 is 5.02. The number of esters is 1. The number of amides is 2. The third kappa shape index (κ3) is 4.31. The highest BCUT2D eigenvalue weighted by molar-refractivity contribution is 6.38. The first kappa shape index (κ1) is 18.6. The molecule has 2 aliphatic rings. The number of nitrogens with one attached hydrogen (secondary N) is 1. The van der Waals surface area contributed by atoms with E-state index < -0.39 is 24.0 Å². The van der Waals surface area contributed by atoms with E-state index in [4.69, 9.17) is 4.74 Å². The summed E-state index contributed by atoms with van der Waals surface area (Å²) in [6, 6.07) is 10.9. The molecule has 1 fully saturated rings. The number of carbonyl (C=O) groups excluding carboxylic acids is 3. The maximum atomic E-state index is 12.2. The van der Waals surface area contributed by atoms with Gasteiger partial charge >= 0.3 is 5.97 Å². The van der Waals surface area contributed by atoms with Gasteiger partial charge in [0.15, 0.2) is 6.61 Å². The highest BCUT2D eigenvalue weighted by Gasteiger charge is 2.43. The number of anilines is 1. The van der Waals surface area contributed by atoms with Gasteiger partial charge in [-0.25, -0.2) is 9.80 Å². The zero-order chi connectivity index (χ0) is 19.4. The first-order valence-electron chi connectivity index (χ1n) is 8.78. The first-order chi connectivity index (χ1) is 12.9. The Labute approximate surface area is 156 Å². The summed E-state index contributed by atoms with van der Waals surface area (Å²) in [4.78, 5) is 36.3. The Kier molecular flexibility index (Phi) is 5.21. The van der Waals surface area contributed by atoms with E-state index in [1.807, 2.05) is 6.07 Å². The molecular formula is C19H20N4O4. The van der Waals surface area contributed by atoms with Crippen LogP contribution in [-0.2, 0) is 19.1 Å². The SMILES string of the molecule is C[C@](C#N)(NC(=O)COC(=O)C1=NN(c2ccccc2)C(=O)CC1)C1CC1. The van der Waals surface area contributed by atoms with Crippen molar-refractivity contribution in [1.29, 1.82) is 5.26 Å². The number of nitriles is 1. The van der Waals surface area contributed by atoms with Crippen molar-refractivity contribution in [1.82, 2.24) is 5.32 Å². The molecule has 0 bridgehead atoms.